The molecule has 0 spiro atoms. The van der Waals surface area contributed by atoms with Crippen LogP contribution in [0.3, 0.4) is 0 Å². The molecule has 0 aromatic heterocycles. The Morgan fingerprint density at radius 1 is 1.63 bits per heavy atom. The summed E-state index contributed by atoms with van der Waals surface area (Å²) in [5.74, 6) is 0.442. The van der Waals surface area contributed by atoms with Gasteiger partial charge in [-0.2, -0.15) is 0 Å². The summed E-state index contributed by atoms with van der Waals surface area (Å²) in [5, 5.41) is 11.5. The predicted octanol–water partition coefficient (Wildman–Crippen LogP) is 1.26. The van der Waals surface area contributed by atoms with E-state index in [1.165, 1.54) is 6.08 Å². The Balaban J connectivity index is 2.30. The van der Waals surface area contributed by atoms with E-state index in [0.717, 1.165) is 5.57 Å². The van der Waals surface area contributed by atoms with E-state index in [0.29, 0.717) is 6.42 Å². The molecule has 2 N–H and O–H groups in total. The standard InChI is InChI=1S/C14H14FNO3/c1-2-8-4-3-5-9(11(15)6-8)10-7-16-13(17)12(10)14(18)19/h4,6,9-10,12H,2,7H2,1H3,(H,16,17)(H,18,19)/t9?,10?,12-/m0/s1. The number of hydrogen-bond acceptors (Lipinski definition) is 2. The zero-order valence-corrected chi connectivity index (χ0v) is 10.4. The van der Waals surface area contributed by atoms with Crippen molar-refractivity contribution in [2.75, 3.05) is 6.54 Å². The van der Waals surface area contributed by atoms with Gasteiger partial charge in [-0.1, -0.05) is 18.8 Å². The van der Waals surface area contributed by atoms with Crippen LogP contribution in [-0.4, -0.2) is 23.5 Å². The van der Waals surface area contributed by atoms with Gasteiger partial charge in [0.25, 0.3) is 0 Å². The van der Waals surface area contributed by atoms with Crippen LogP contribution in [0.2, 0.25) is 0 Å². The van der Waals surface area contributed by atoms with Crippen LogP contribution in [0.15, 0.2) is 23.6 Å². The number of allylic oxidation sites excluding steroid dienone is 4. The number of rotatable bonds is 3. The van der Waals surface area contributed by atoms with Gasteiger partial charge in [-0.05, 0) is 24.1 Å². The molecule has 2 rings (SSSR count). The van der Waals surface area contributed by atoms with Crippen LogP contribution in [0.25, 0.3) is 0 Å². The lowest BCUT2D eigenvalue weighted by atomic mass is 9.83. The third kappa shape index (κ3) is 2.53. The maximum Gasteiger partial charge on any atom is 0.316 e. The number of amides is 1. The summed E-state index contributed by atoms with van der Waals surface area (Å²) in [6.45, 7) is 2.02. The molecule has 0 saturated carbocycles. The van der Waals surface area contributed by atoms with Crippen molar-refractivity contribution in [2.45, 2.75) is 13.3 Å². The van der Waals surface area contributed by atoms with Gasteiger partial charge in [-0.25, -0.2) is 4.39 Å². The van der Waals surface area contributed by atoms with Crippen molar-refractivity contribution in [2.24, 2.45) is 17.8 Å². The summed E-state index contributed by atoms with van der Waals surface area (Å²) in [4.78, 5) is 22.6. The number of halogens is 1. The first-order valence-corrected chi connectivity index (χ1v) is 6.12. The van der Waals surface area contributed by atoms with Crippen LogP contribution >= 0.6 is 0 Å². The van der Waals surface area contributed by atoms with Crippen molar-refractivity contribution in [3.05, 3.63) is 23.6 Å². The molecule has 1 aliphatic carbocycles. The summed E-state index contributed by atoms with van der Waals surface area (Å²) < 4.78 is 14.1. The molecule has 1 heterocycles. The minimum Gasteiger partial charge on any atom is -0.481 e. The van der Waals surface area contributed by atoms with Crippen molar-refractivity contribution in [3.8, 4) is 11.8 Å². The second kappa shape index (κ2) is 5.27. The molecule has 0 bridgehead atoms. The smallest absolute Gasteiger partial charge is 0.316 e. The molecule has 5 heteroatoms. The van der Waals surface area contributed by atoms with Crippen molar-refractivity contribution in [3.63, 3.8) is 0 Å². The molecular formula is C14H14FNO3. The van der Waals surface area contributed by atoms with E-state index in [2.05, 4.69) is 17.2 Å². The Hall–Kier alpha value is -2.09. The summed E-state index contributed by atoms with van der Waals surface area (Å²) in [7, 11) is 0. The number of hydrogen-bond donors (Lipinski definition) is 2. The molecule has 3 atom stereocenters. The minimum absolute atomic E-state index is 0.137. The molecular weight excluding hydrogens is 249 g/mol. The number of nitrogens with one attached hydrogen (secondary N) is 1. The van der Waals surface area contributed by atoms with Gasteiger partial charge in [0.15, 0.2) is 0 Å². The van der Waals surface area contributed by atoms with Crippen molar-refractivity contribution < 1.29 is 19.1 Å². The summed E-state index contributed by atoms with van der Waals surface area (Å²) >= 11 is 0. The first-order chi connectivity index (χ1) is 9.04. The Morgan fingerprint density at radius 3 is 3.00 bits per heavy atom. The van der Waals surface area contributed by atoms with Crippen molar-refractivity contribution >= 4 is 11.9 Å². The molecule has 4 nitrogen and oxygen atoms in total. The zero-order chi connectivity index (χ0) is 14.0. The van der Waals surface area contributed by atoms with Gasteiger partial charge in [0.1, 0.15) is 11.7 Å². The summed E-state index contributed by atoms with van der Waals surface area (Å²) in [6, 6.07) is 0. The maximum atomic E-state index is 14.1. The molecule has 0 aromatic rings. The van der Waals surface area contributed by atoms with Gasteiger partial charge in [-0.3, -0.25) is 9.59 Å². The quantitative estimate of drug-likeness (QED) is 0.595. The molecule has 1 aliphatic heterocycles. The minimum atomic E-state index is -1.23. The Kier molecular flexibility index (Phi) is 3.70. The molecule has 0 radical (unpaired) electrons. The topological polar surface area (TPSA) is 66.4 Å². The lowest BCUT2D eigenvalue weighted by Crippen LogP contribution is -2.30. The van der Waals surface area contributed by atoms with Gasteiger partial charge in [0.05, 0.1) is 5.92 Å². The SMILES string of the molecule is CCC1=CC#CC(C2CNC(=O)[C@H]2C(=O)O)C(F)=C1. The Morgan fingerprint density at radius 2 is 2.37 bits per heavy atom. The fraction of sp³-hybridized carbons (Fsp3) is 0.429. The van der Waals surface area contributed by atoms with E-state index in [1.54, 1.807) is 6.08 Å². The second-order valence-corrected chi connectivity index (χ2v) is 4.59. The molecule has 19 heavy (non-hydrogen) atoms. The third-order valence-electron chi connectivity index (χ3n) is 3.44. The monoisotopic (exact) mass is 263 g/mol. The first kappa shape index (κ1) is 13.3. The average molecular weight is 263 g/mol. The van der Waals surface area contributed by atoms with Crippen LogP contribution < -0.4 is 5.32 Å². The van der Waals surface area contributed by atoms with Crippen LogP contribution in [0.1, 0.15) is 13.3 Å². The second-order valence-electron chi connectivity index (χ2n) is 4.59. The highest BCUT2D eigenvalue weighted by Crippen LogP contribution is 2.33. The lowest BCUT2D eigenvalue weighted by molar-refractivity contribution is -0.147. The van der Waals surface area contributed by atoms with E-state index >= 15 is 0 Å². The highest BCUT2D eigenvalue weighted by atomic mass is 19.1. The number of carboxylic acid groups (broad SMARTS) is 1. The van der Waals surface area contributed by atoms with Crippen LogP contribution in [0.4, 0.5) is 4.39 Å². The van der Waals surface area contributed by atoms with E-state index in [1.807, 2.05) is 6.92 Å². The lowest BCUT2D eigenvalue weighted by Gasteiger charge is -2.18. The van der Waals surface area contributed by atoms with E-state index in [9.17, 15) is 14.0 Å². The highest BCUT2D eigenvalue weighted by molar-refractivity contribution is 5.99. The summed E-state index contributed by atoms with van der Waals surface area (Å²) in [6.07, 6.45) is 3.65. The number of carboxylic acids is 1. The largest absolute Gasteiger partial charge is 0.481 e. The third-order valence-corrected chi connectivity index (χ3v) is 3.44. The van der Waals surface area contributed by atoms with E-state index in [4.69, 9.17) is 5.11 Å². The van der Waals surface area contributed by atoms with E-state index < -0.39 is 35.5 Å². The molecule has 2 aliphatic rings. The van der Waals surface area contributed by atoms with Crippen LogP contribution in [-0.2, 0) is 9.59 Å². The fourth-order valence-electron chi connectivity index (χ4n) is 2.36. The number of carbonyl (C=O) groups excluding carboxylic acids is 1. The fourth-order valence-corrected chi connectivity index (χ4v) is 2.36. The first-order valence-electron chi connectivity index (χ1n) is 6.12. The average Bonchev–Trinajstić information content (AvgIpc) is 2.63. The van der Waals surface area contributed by atoms with Gasteiger partial charge in [0.2, 0.25) is 5.91 Å². The molecule has 0 aromatic carbocycles. The Bertz CT molecular complexity index is 539. The molecule has 2 unspecified atom stereocenters. The van der Waals surface area contributed by atoms with Crippen molar-refractivity contribution in [1.29, 1.82) is 0 Å². The molecule has 100 valence electrons. The molecule has 1 saturated heterocycles. The van der Waals surface area contributed by atoms with Crippen LogP contribution in [0.5, 0.6) is 0 Å². The zero-order valence-electron chi connectivity index (χ0n) is 10.4. The highest BCUT2D eigenvalue weighted by Gasteiger charge is 2.45. The van der Waals surface area contributed by atoms with Gasteiger partial charge in [0, 0.05) is 12.5 Å². The van der Waals surface area contributed by atoms with Gasteiger partial charge < -0.3 is 10.4 Å². The molecule has 1 fully saturated rings. The van der Waals surface area contributed by atoms with Gasteiger partial charge in [-0.15, -0.1) is 0 Å². The van der Waals surface area contributed by atoms with Crippen molar-refractivity contribution in [1.82, 2.24) is 5.32 Å². The Labute approximate surface area is 110 Å². The molecule has 1 amide bonds. The summed E-state index contributed by atoms with van der Waals surface area (Å²) in [5.41, 5.74) is 0.761. The number of aliphatic carboxylic acids is 1. The number of carbonyl (C=O) groups is 2. The normalized spacial score (nSPS) is 29.6. The van der Waals surface area contributed by atoms with E-state index in [-0.39, 0.29) is 6.54 Å². The van der Waals surface area contributed by atoms with Crippen LogP contribution in [0, 0.1) is 29.6 Å². The maximum absolute atomic E-state index is 14.1. The van der Waals surface area contributed by atoms with Gasteiger partial charge >= 0.3 is 5.97 Å². The predicted molar refractivity (Wildman–Crippen MR) is 66.5 cm³/mol.